The predicted octanol–water partition coefficient (Wildman–Crippen LogP) is 9.17. The van der Waals surface area contributed by atoms with E-state index in [0.717, 1.165) is 41.8 Å². The molecule has 8 nitrogen and oxygen atoms in total. The van der Waals surface area contributed by atoms with Crippen molar-refractivity contribution in [2.24, 2.45) is 9.98 Å². The van der Waals surface area contributed by atoms with Crippen LogP contribution in [0.4, 0.5) is 23.7 Å². The molecule has 2 heterocycles. The molecular weight excluding hydrogens is 625 g/mol. The standard InChI is InChI=1S/C35H37F3N6O2S/c1-6-7-27-9-8-22(2)20-31(27)44-23(3)18-19-47-34(44)41-33(45)40-25(5)24(4)26-10-12-28(13-11-26)32-39-21-43(42-32)29-14-16-30(17-15-29)46-35(36,37)38/h8-17,20-21,23-24H,6-7,18-19H2,1-5H3. The molecule has 2 amide bonds. The summed E-state index contributed by atoms with van der Waals surface area (Å²) in [6, 6.07) is 19.2. The normalized spacial score (nSPS) is 17.2. The number of hydrogen-bond donors (Lipinski definition) is 0. The highest BCUT2D eigenvalue weighted by molar-refractivity contribution is 8.14. The van der Waals surface area contributed by atoms with Crippen LogP contribution in [0.5, 0.6) is 5.75 Å². The quantitative estimate of drug-likeness (QED) is 0.175. The molecule has 1 aromatic heterocycles. The minimum absolute atomic E-state index is 0.141. The molecule has 2 atom stereocenters. The van der Waals surface area contributed by atoms with Gasteiger partial charge in [-0.1, -0.05) is 68.4 Å². The molecule has 12 heteroatoms. The van der Waals surface area contributed by atoms with Crippen molar-refractivity contribution >= 4 is 34.4 Å². The third kappa shape index (κ3) is 8.48. The molecule has 0 radical (unpaired) electrons. The van der Waals surface area contributed by atoms with E-state index in [9.17, 15) is 18.0 Å². The van der Waals surface area contributed by atoms with Gasteiger partial charge in [0.25, 0.3) is 0 Å². The van der Waals surface area contributed by atoms with Crippen molar-refractivity contribution in [1.82, 2.24) is 14.8 Å². The topological polar surface area (TPSA) is 85.0 Å². The van der Waals surface area contributed by atoms with Gasteiger partial charge in [0.1, 0.15) is 12.1 Å². The number of benzene rings is 3. The molecule has 2 unspecified atom stereocenters. The first-order valence-corrected chi connectivity index (χ1v) is 16.5. The molecule has 4 aromatic rings. The molecule has 1 fully saturated rings. The van der Waals surface area contributed by atoms with Crippen LogP contribution >= 0.6 is 11.8 Å². The third-order valence-corrected chi connectivity index (χ3v) is 9.00. The second-order valence-electron chi connectivity index (χ2n) is 11.6. The van der Waals surface area contributed by atoms with Crippen LogP contribution in [0.2, 0.25) is 0 Å². The second kappa shape index (κ2) is 14.5. The number of aromatic nitrogens is 3. The van der Waals surface area contributed by atoms with Crippen LogP contribution in [-0.2, 0) is 6.42 Å². The van der Waals surface area contributed by atoms with Crippen LogP contribution in [0.1, 0.15) is 63.1 Å². The summed E-state index contributed by atoms with van der Waals surface area (Å²) >= 11 is 1.59. The van der Waals surface area contributed by atoms with Crippen molar-refractivity contribution in [2.45, 2.75) is 72.2 Å². The van der Waals surface area contributed by atoms with E-state index in [1.165, 1.54) is 46.4 Å². The number of aliphatic imine (C=N–C) groups is 2. The van der Waals surface area contributed by atoms with Crippen LogP contribution in [0.25, 0.3) is 17.1 Å². The molecule has 1 saturated heterocycles. The van der Waals surface area contributed by atoms with Gasteiger partial charge < -0.3 is 9.64 Å². The maximum absolute atomic E-state index is 13.2. The summed E-state index contributed by atoms with van der Waals surface area (Å²) in [7, 11) is 0. The number of carbonyl (C=O) groups is 1. The zero-order valence-corrected chi connectivity index (χ0v) is 27.8. The largest absolute Gasteiger partial charge is 0.573 e. The van der Waals surface area contributed by atoms with Crippen molar-refractivity contribution in [1.29, 1.82) is 0 Å². The molecule has 3 aromatic carbocycles. The van der Waals surface area contributed by atoms with Gasteiger partial charge in [0.05, 0.1) is 5.69 Å². The number of anilines is 1. The number of amidine groups is 1. The fourth-order valence-electron chi connectivity index (χ4n) is 5.35. The number of amides is 2. The van der Waals surface area contributed by atoms with Crippen LogP contribution in [-0.4, -0.2) is 49.8 Å². The van der Waals surface area contributed by atoms with Crippen molar-refractivity contribution in [2.75, 3.05) is 10.7 Å². The minimum atomic E-state index is -4.75. The second-order valence-corrected chi connectivity index (χ2v) is 12.6. The van der Waals surface area contributed by atoms with E-state index in [4.69, 9.17) is 0 Å². The lowest BCUT2D eigenvalue weighted by Gasteiger charge is -2.37. The van der Waals surface area contributed by atoms with Gasteiger partial charge in [0, 0.05) is 34.7 Å². The SMILES string of the molecule is CCCc1ccc(C)cc1N1C(=NC(=O)N=C(C)C(C)c2ccc(-c3ncn(-c4ccc(OC(F)(F)F)cc4)n3)cc2)SCCC1C. The Morgan fingerprint density at radius 2 is 1.83 bits per heavy atom. The third-order valence-electron chi connectivity index (χ3n) is 8.02. The van der Waals surface area contributed by atoms with E-state index in [0.29, 0.717) is 22.4 Å². The lowest BCUT2D eigenvalue weighted by molar-refractivity contribution is -0.274. The molecule has 5 rings (SSSR count). The number of hydrogen-bond acceptors (Lipinski definition) is 5. The van der Waals surface area contributed by atoms with Crippen LogP contribution in [0.15, 0.2) is 83.0 Å². The molecular formula is C35H37F3N6O2S. The van der Waals surface area contributed by atoms with Crippen LogP contribution in [0.3, 0.4) is 0 Å². The smallest absolute Gasteiger partial charge is 0.406 e. The number of thioether (sulfide) groups is 1. The lowest BCUT2D eigenvalue weighted by atomic mass is 9.96. The number of aryl methyl sites for hydroxylation is 2. The van der Waals surface area contributed by atoms with Gasteiger partial charge in [0.2, 0.25) is 0 Å². The molecule has 0 spiro atoms. The van der Waals surface area contributed by atoms with Crippen molar-refractivity contribution in [3.05, 3.63) is 89.7 Å². The van der Waals surface area contributed by atoms with Gasteiger partial charge >= 0.3 is 12.4 Å². The van der Waals surface area contributed by atoms with Crippen molar-refractivity contribution < 1.29 is 22.7 Å². The van der Waals surface area contributed by atoms with Crippen molar-refractivity contribution in [3.8, 4) is 22.8 Å². The first-order valence-electron chi connectivity index (χ1n) is 15.5. The lowest BCUT2D eigenvalue weighted by Crippen LogP contribution is -2.42. The van der Waals surface area contributed by atoms with Gasteiger partial charge in [-0.2, -0.15) is 4.99 Å². The maximum atomic E-state index is 13.2. The summed E-state index contributed by atoms with van der Waals surface area (Å²) in [6.45, 7) is 10.2. The average Bonchev–Trinajstić information content (AvgIpc) is 3.52. The van der Waals surface area contributed by atoms with Crippen molar-refractivity contribution in [3.63, 3.8) is 0 Å². The fraction of sp³-hybridized carbons (Fsp3) is 0.343. The highest BCUT2D eigenvalue weighted by atomic mass is 32.2. The maximum Gasteiger partial charge on any atom is 0.573 e. The molecule has 0 saturated carbocycles. The van der Waals surface area contributed by atoms with Gasteiger partial charge in [-0.05, 0) is 80.6 Å². The van der Waals surface area contributed by atoms with E-state index in [2.05, 4.69) is 68.7 Å². The first-order chi connectivity index (χ1) is 22.4. The van der Waals surface area contributed by atoms with E-state index in [-0.39, 0.29) is 17.7 Å². The minimum Gasteiger partial charge on any atom is -0.406 e. The Morgan fingerprint density at radius 1 is 1.11 bits per heavy atom. The summed E-state index contributed by atoms with van der Waals surface area (Å²) in [4.78, 5) is 28.6. The monoisotopic (exact) mass is 662 g/mol. The molecule has 1 aliphatic rings. The zero-order chi connectivity index (χ0) is 33.7. The average molecular weight is 663 g/mol. The van der Waals surface area contributed by atoms with E-state index >= 15 is 0 Å². The van der Waals surface area contributed by atoms with E-state index in [1.807, 2.05) is 38.1 Å². The number of carbonyl (C=O) groups excluding carboxylic acids is 1. The molecule has 0 bridgehead atoms. The van der Waals surface area contributed by atoms with E-state index < -0.39 is 12.4 Å². The summed E-state index contributed by atoms with van der Waals surface area (Å²) in [6.07, 6.45) is -0.286. The molecule has 0 N–H and O–H groups in total. The Kier molecular flexibility index (Phi) is 10.5. The first kappa shape index (κ1) is 33.9. The number of urea groups is 1. The van der Waals surface area contributed by atoms with Gasteiger partial charge in [-0.3, -0.25) is 0 Å². The summed E-state index contributed by atoms with van der Waals surface area (Å²) in [5.41, 5.74) is 6.43. The number of alkyl halides is 3. The van der Waals surface area contributed by atoms with Gasteiger partial charge in [-0.25, -0.2) is 19.5 Å². The molecule has 0 aliphatic carbocycles. The Morgan fingerprint density at radius 3 is 2.51 bits per heavy atom. The van der Waals surface area contributed by atoms with E-state index in [1.54, 1.807) is 11.8 Å². The Hall–Kier alpha value is -4.45. The highest BCUT2D eigenvalue weighted by Gasteiger charge is 2.31. The fourth-order valence-corrected chi connectivity index (χ4v) is 6.55. The molecule has 47 heavy (non-hydrogen) atoms. The Balaban J connectivity index is 1.29. The Labute approximate surface area is 276 Å². The number of rotatable bonds is 8. The predicted molar refractivity (Wildman–Crippen MR) is 182 cm³/mol. The number of halogens is 3. The van der Waals surface area contributed by atoms with Gasteiger partial charge in [-0.15, -0.1) is 18.3 Å². The highest BCUT2D eigenvalue weighted by Crippen LogP contribution is 2.33. The molecule has 1 aliphatic heterocycles. The summed E-state index contributed by atoms with van der Waals surface area (Å²) < 4.78 is 42.8. The number of nitrogens with zero attached hydrogens (tertiary/aromatic N) is 6. The Bertz CT molecular complexity index is 1770. The summed E-state index contributed by atoms with van der Waals surface area (Å²) in [5, 5.41) is 5.15. The van der Waals surface area contributed by atoms with Crippen LogP contribution in [0, 0.1) is 6.92 Å². The summed E-state index contributed by atoms with van der Waals surface area (Å²) in [5.74, 6) is 0.890. The molecule has 246 valence electrons. The van der Waals surface area contributed by atoms with Gasteiger partial charge in [0.15, 0.2) is 11.0 Å². The van der Waals surface area contributed by atoms with Crippen LogP contribution < -0.4 is 9.64 Å². The zero-order valence-electron chi connectivity index (χ0n) is 27.0. The number of ether oxygens (including phenoxy) is 1.